The molecule has 2 unspecified atom stereocenters. The highest BCUT2D eigenvalue weighted by atomic mass is 16.5. The second-order valence-electron chi connectivity index (χ2n) is 6.55. The Bertz CT molecular complexity index is 340. The summed E-state index contributed by atoms with van der Waals surface area (Å²) in [5.74, 6) is -0.694. The Kier molecular flexibility index (Phi) is 5.04. The van der Waals surface area contributed by atoms with Crippen LogP contribution in [-0.2, 0) is 9.53 Å². The average Bonchev–Trinajstić information content (AvgIpc) is 2.83. The van der Waals surface area contributed by atoms with E-state index in [1.165, 1.54) is 0 Å². The van der Waals surface area contributed by atoms with Crippen LogP contribution in [0.4, 0.5) is 0 Å². The lowest BCUT2D eigenvalue weighted by atomic mass is 9.95. The Morgan fingerprint density at radius 2 is 2.00 bits per heavy atom. The van der Waals surface area contributed by atoms with Crippen LogP contribution in [0, 0.1) is 0 Å². The molecule has 2 atom stereocenters. The number of hydrogen-bond acceptors (Lipinski definition) is 4. The number of aliphatic carboxylic acids is 1. The van der Waals surface area contributed by atoms with Crippen LogP contribution < -0.4 is 5.32 Å². The lowest BCUT2D eigenvalue weighted by Crippen LogP contribution is -2.54. The molecule has 0 aromatic carbocycles. The highest BCUT2D eigenvalue weighted by molar-refractivity contribution is 5.79. The summed E-state index contributed by atoms with van der Waals surface area (Å²) in [7, 11) is 1.78. The summed E-state index contributed by atoms with van der Waals surface area (Å²) < 4.78 is 5.40. The van der Waals surface area contributed by atoms with E-state index in [0.717, 1.165) is 45.2 Å². The van der Waals surface area contributed by atoms with Crippen molar-refractivity contribution < 1.29 is 14.6 Å². The number of piperidine rings is 1. The average molecular weight is 284 g/mol. The first-order valence-corrected chi connectivity index (χ1v) is 7.75. The van der Waals surface area contributed by atoms with E-state index in [1.54, 1.807) is 7.11 Å². The third-order valence-corrected chi connectivity index (χ3v) is 4.79. The Hall–Kier alpha value is -0.650. The molecule has 1 aliphatic carbocycles. The molecule has 0 amide bonds. The van der Waals surface area contributed by atoms with Gasteiger partial charge >= 0.3 is 5.97 Å². The summed E-state index contributed by atoms with van der Waals surface area (Å²) in [6.07, 6.45) is 4.93. The minimum Gasteiger partial charge on any atom is -0.480 e. The van der Waals surface area contributed by atoms with Crippen molar-refractivity contribution in [3.05, 3.63) is 0 Å². The fraction of sp³-hybridized carbons (Fsp3) is 0.933. The zero-order chi connectivity index (χ0) is 14.8. The summed E-state index contributed by atoms with van der Waals surface area (Å²) in [4.78, 5) is 14.1. The van der Waals surface area contributed by atoms with Crippen molar-refractivity contribution in [2.45, 2.75) is 69.7 Å². The van der Waals surface area contributed by atoms with Gasteiger partial charge in [-0.2, -0.15) is 0 Å². The van der Waals surface area contributed by atoms with Crippen molar-refractivity contribution >= 4 is 5.97 Å². The third kappa shape index (κ3) is 3.32. The maximum atomic E-state index is 11.7. The summed E-state index contributed by atoms with van der Waals surface area (Å²) in [5.41, 5.74) is -0.725. The van der Waals surface area contributed by atoms with Gasteiger partial charge in [-0.1, -0.05) is 0 Å². The second kappa shape index (κ2) is 6.41. The molecule has 2 aliphatic rings. The zero-order valence-corrected chi connectivity index (χ0v) is 12.9. The number of nitrogens with zero attached hydrogens (tertiary/aromatic N) is 1. The molecule has 0 aromatic heterocycles. The van der Waals surface area contributed by atoms with Crippen molar-refractivity contribution in [1.82, 2.24) is 10.2 Å². The van der Waals surface area contributed by atoms with E-state index in [4.69, 9.17) is 4.74 Å². The predicted octanol–water partition coefficient (Wildman–Crippen LogP) is 1.47. The normalized spacial score (nSPS) is 32.9. The molecule has 20 heavy (non-hydrogen) atoms. The molecule has 116 valence electrons. The molecule has 1 saturated heterocycles. The molecule has 1 heterocycles. The molecule has 0 bridgehead atoms. The van der Waals surface area contributed by atoms with E-state index in [1.807, 2.05) is 13.8 Å². The van der Waals surface area contributed by atoms with E-state index >= 15 is 0 Å². The van der Waals surface area contributed by atoms with Crippen molar-refractivity contribution in [3.63, 3.8) is 0 Å². The van der Waals surface area contributed by atoms with Gasteiger partial charge in [0, 0.05) is 32.3 Å². The SMILES string of the molecule is COC1CCN(C2CCC(NC(C)C)(C(=O)O)C2)CC1. The van der Waals surface area contributed by atoms with Crippen LogP contribution in [0.3, 0.4) is 0 Å². The van der Waals surface area contributed by atoms with Gasteiger partial charge in [0.25, 0.3) is 0 Å². The molecule has 5 nitrogen and oxygen atoms in total. The van der Waals surface area contributed by atoms with E-state index in [2.05, 4.69) is 10.2 Å². The topological polar surface area (TPSA) is 61.8 Å². The monoisotopic (exact) mass is 284 g/mol. The standard InChI is InChI=1S/C15H28N2O3/c1-11(2)16-15(14(18)19)7-4-12(10-15)17-8-5-13(20-3)6-9-17/h11-13,16H,4-10H2,1-3H3,(H,18,19). The smallest absolute Gasteiger partial charge is 0.323 e. The van der Waals surface area contributed by atoms with E-state index < -0.39 is 11.5 Å². The van der Waals surface area contributed by atoms with Gasteiger partial charge in [0.1, 0.15) is 5.54 Å². The molecular weight excluding hydrogens is 256 g/mol. The number of nitrogens with one attached hydrogen (secondary N) is 1. The molecule has 2 fully saturated rings. The fourth-order valence-electron chi connectivity index (χ4n) is 3.75. The van der Waals surface area contributed by atoms with Crippen LogP contribution in [0.1, 0.15) is 46.0 Å². The molecule has 1 aliphatic heterocycles. The largest absolute Gasteiger partial charge is 0.480 e. The Morgan fingerprint density at radius 1 is 1.35 bits per heavy atom. The van der Waals surface area contributed by atoms with Gasteiger partial charge in [-0.3, -0.25) is 10.1 Å². The highest BCUT2D eigenvalue weighted by Crippen LogP contribution is 2.35. The summed E-state index contributed by atoms with van der Waals surface area (Å²) >= 11 is 0. The van der Waals surface area contributed by atoms with Gasteiger partial charge in [0.2, 0.25) is 0 Å². The fourth-order valence-corrected chi connectivity index (χ4v) is 3.75. The van der Waals surface area contributed by atoms with Gasteiger partial charge in [0.15, 0.2) is 0 Å². The summed E-state index contributed by atoms with van der Waals surface area (Å²) in [6.45, 7) is 6.09. The van der Waals surface area contributed by atoms with Crippen LogP contribution in [-0.4, -0.2) is 59.9 Å². The van der Waals surface area contributed by atoms with Crippen LogP contribution in [0.5, 0.6) is 0 Å². The Morgan fingerprint density at radius 3 is 2.50 bits per heavy atom. The molecule has 2 N–H and O–H groups in total. The number of likely N-dealkylation sites (tertiary alicyclic amines) is 1. The zero-order valence-electron chi connectivity index (χ0n) is 12.9. The minimum absolute atomic E-state index is 0.198. The number of ether oxygens (including phenoxy) is 1. The van der Waals surface area contributed by atoms with Gasteiger partial charge in [-0.15, -0.1) is 0 Å². The van der Waals surface area contributed by atoms with Crippen molar-refractivity contribution in [1.29, 1.82) is 0 Å². The first-order valence-electron chi connectivity index (χ1n) is 7.75. The van der Waals surface area contributed by atoms with Gasteiger partial charge < -0.3 is 14.7 Å². The predicted molar refractivity (Wildman–Crippen MR) is 77.9 cm³/mol. The molecule has 2 rings (SSSR count). The molecule has 0 radical (unpaired) electrons. The van der Waals surface area contributed by atoms with Crippen LogP contribution in [0.25, 0.3) is 0 Å². The van der Waals surface area contributed by atoms with Crippen molar-refractivity contribution in [2.75, 3.05) is 20.2 Å². The number of hydrogen-bond donors (Lipinski definition) is 2. The van der Waals surface area contributed by atoms with Gasteiger partial charge in [-0.05, 0) is 46.0 Å². The molecular formula is C15H28N2O3. The van der Waals surface area contributed by atoms with E-state index in [9.17, 15) is 9.90 Å². The quantitative estimate of drug-likeness (QED) is 0.800. The lowest BCUT2D eigenvalue weighted by molar-refractivity contribution is -0.145. The molecule has 1 saturated carbocycles. The molecule has 0 spiro atoms. The maximum Gasteiger partial charge on any atom is 0.323 e. The van der Waals surface area contributed by atoms with Crippen molar-refractivity contribution in [3.8, 4) is 0 Å². The van der Waals surface area contributed by atoms with Gasteiger partial charge in [-0.25, -0.2) is 0 Å². The maximum absolute atomic E-state index is 11.7. The number of methoxy groups -OCH3 is 1. The Balaban J connectivity index is 1.95. The highest BCUT2D eigenvalue weighted by Gasteiger charge is 2.47. The second-order valence-corrected chi connectivity index (χ2v) is 6.55. The van der Waals surface area contributed by atoms with Gasteiger partial charge in [0.05, 0.1) is 6.10 Å². The summed E-state index contributed by atoms with van der Waals surface area (Å²) in [6, 6.07) is 0.597. The number of carboxylic acid groups (broad SMARTS) is 1. The minimum atomic E-state index is -0.725. The van der Waals surface area contributed by atoms with E-state index in [-0.39, 0.29) is 6.04 Å². The van der Waals surface area contributed by atoms with E-state index in [0.29, 0.717) is 12.1 Å². The Labute approximate surface area is 121 Å². The lowest BCUT2D eigenvalue weighted by Gasteiger charge is -2.36. The molecule has 5 heteroatoms. The van der Waals surface area contributed by atoms with Crippen molar-refractivity contribution in [2.24, 2.45) is 0 Å². The number of carbonyl (C=O) groups is 1. The summed E-state index contributed by atoms with van der Waals surface area (Å²) in [5, 5.41) is 12.9. The number of rotatable bonds is 5. The van der Waals surface area contributed by atoms with Crippen LogP contribution in [0.15, 0.2) is 0 Å². The van der Waals surface area contributed by atoms with Crippen LogP contribution >= 0.6 is 0 Å². The number of carboxylic acids is 1. The third-order valence-electron chi connectivity index (χ3n) is 4.79. The molecule has 0 aromatic rings. The first kappa shape index (κ1) is 15.7. The van der Waals surface area contributed by atoms with Crippen LogP contribution in [0.2, 0.25) is 0 Å². The first-order chi connectivity index (χ1) is 9.47.